The molecule has 2 aromatic rings. The Morgan fingerprint density at radius 2 is 2.10 bits per heavy atom. The molecular weight excluding hydrogens is 318 g/mol. The summed E-state index contributed by atoms with van der Waals surface area (Å²) in [5.74, 6) is -0.454. The molecule has 0 saturated heterocycles. The number of anilines is 1. The molecule has 10 heteroatoms. The molecular formula is C11H12ClN5O3S. The maximum Gasteiger partial charge on any atom is 0.259 e. The highest BCUT2D eigenvalue weighted by atomic mass is 35.5. The average molecular weight is 330 g/mol. The minimum Gasteiger partial charge on any atom is -0.291 e. The first-order chi connectivity index (χ1) is 9.82. The maximum absolute atomic E-state index is 12.1. The average Bonchev–Trinajstić information content (AvgIpc) is 2.91. The van der Waals surface area contributed by atoms with Gasteiger partial charge in [0.2, 0.25) is 16.0 Å². The summed E-state index contributed by atoms with van der Waals surface area (Å²) in [5.41, 5.74) is 0.0241. The van der Waals surface area contributed by atoms with Crippen molar-refractivity contribution in [1.82, 2.24) is 19.5 Å². The van der Waals surface area contributed by atoms with Crippen LogP contribution < -0.4 is 5.32 Å². The van der Waals surface area contributed by atoms with E-state index in [0.29, 0.717) is 0 Å². The standard InChI is InChI=1S/C11H12ClN5O3S/c1-17(2)21(19,20)7-3-4-9(12)8(5-7)10(18)15-11-13-6-14-16-11/h3-6H,1-2H3,(H2,13,14,15,16,18). The maximum atomic E-state index is 12.1. The van der Waals surface area contributed by atoms with E-state index in [1.54, 1.807) is 0 Å². The van der Waals surface area contributed by atoms with E-state index in [2.05, 4.69) is 20.5 Å². The van der Waals surface area contributed by atoms with E-state index in [1.807, 2.05) is 0 Å². The number of rotatable bonds is 4. The van der Waals surface area contributed by atoms with Gasteiger partial charge in [0.1, 0.15) is 6.33 Å². The molecule has 1 aromatic carbocycles. The first-order valence-electron chi connectivity index (χ1n) is 5.71. The minimum absolute atomic E-state index is 0.0241. The quantitative estimate of drug-likeness (QED) is 0.868. The number of carbonyl (C=O) groups excluding carboxylic acids is 1. The molecule has 0 unspecified atom stereocenters. The third-order valence-electron chi connectivity index (χ3n) is 2.61. The number of amides is 1. The van der Waals surface area contributed by atoms with Gasteiger partial charge in [-0.15, -0.1) is 0 Å². The van der Waals surface area contributed by atoms with E-state index < -0.39 is 15.9 Å². The van der Waals surface area contributed by atoms with E-state index in [0.717, 1.165) is 4.31 Å². The number of benzene rings is 1. The zero-order valence-corrected chi connectivity index (χ0v) is 12.7. The van der Waals surface area contributed by atoms with Crippen LogP contribution in [0.5, 0.6) is 0 Å². The van der Waals surface area contributed by atoms with E-state index in [4.69, 9.17) is 11.6 Å². The van der Waals surface area contributed by atoms with Crippen LogP contribution in [-0.2, 0) is 10.0 Å². The second kappa shape index (κ2) is 5.80. The molecule has 0 bridgehead atoms. The van der Waals surface area contributed by atoms with Gasteiger partial charge in [-0.3, -0.25) is 10.1 Å². The molecule has 112 valence electrons. The molecule has 1 amide bonds. The van der Waals surface area contributed by atoms with Crippen molar-refractivity contribution < 1.29 is 13.2 Å². The van der Waals surface area contributed by atoms with Crippen LogP contribution in [0.3, 0.4) is 0 Å². The van der Waals surface area contributed by atoms with Crippen LogP contribution >= 0.6 is 11.6 Å². The molecule has 0 radical (unpaired) electrons. The van der Waals surface area contributed by atoms with Crippen molar-refractivity contribution in [1.29, 1.82) is 0 Å². The van der Waals surface area contributed by atoms with Crippen LogP contribution in [0.15, 0.2) is 29.4 Å². The lowest BCUT2D eigenvalue weighted by atomic mass is 10.2. The Bertz CT molecular complexity index is 758. The van der Waals surface area contributed by atoms with Crippen LogP contribution in [0.2, 0.25) is 5.02 Å². The summed E-state index contributed by atoms with van der Waals surface area (Å²) in [6.07, 6.45) is 1.23. The van der Waals surface area contributed by atoms with E-state index in [9.17, 15) is 13.2 Å². The van der Waals surface area contributed by atoms with Gasteiger partial charge < -0.3 is 0 Å². The second-order valence-corrected chi connectivity index (χ2v) is 6.78. The first-order valence-corrected chi connectivity index (χ1v) is 7.53. The third-order valence-corrected chi connectivity index (χ3v) is 4.75. The Labute approximate surface area is 126 Å². The van der Waals surface area contributed by atoms with E-state index in [1.165, 1.54) is 38.6 Å². The SMILES string of the molecule is CN(C)S(=O)(=O)c1ccc(Cl)c(C(=O)Nc2ncn[nH]2)c1. The number of halogens is 1. The summed E-state index contributed by atoms with van der Waals surface area (Å²) in [5, 5.41) is 8.60. The molecule has 0 spiro atoms. The summed E-state index contributed by atoms with van der Waals surface area (Å²) in [4.78, 5) is 15.8. The summed E-state index contributed by atoms with van der Waals surface area (Å²) in [6.45, 7) is 0. The summed E-state index contributed by atoms with van der Waals surface area (Å²) in [7, 11) is -0.851. The van der Waals surface area contributed by atoms with Crippen LogP contribution in [0.4, 0.5) is 5.95 Å². The highest BCUT2D eigenvalue weighted by molar-refractivity contribution is 7.89. The number of H-pyrrole nitrogens is 1. The number of carbonyl (C=O) groups is 1. The van der Waals surface area contributed by atoms with Crippen molar-refractivity contribution >= 4 is 33.5 Å². The van der Waals surface area contributed by atoms with Gasteiger partial charge in [0.05, 0.1) is 15.5 Å². The molecule has 0 atom stereocenters. The number of hydrogen-bond donors (Lipinski definition) is 2. The lowest BCUT2D eigenvalue weighted by molar-refractivity contribution is 0.102. The van der Waals surface area contributed by atoms with Gasteiger partial charge in [-0.05, 0) is 18.2 Å². The van der Waals surface area contributed by atoms with Gasteiger partial charge in [-0.1, -0.05) is 11.6 Å². The number of nitrogens with one attached hydrogen (secondary N) is 2. The highest BCUT2D eigenvalue weighted by Crippen LogP contribution is 2.22. The Kier molecular flexibility index (Phi) is 4.26. The predicted octanol–water partition coefficient (Wildman–Crippen LogP) is 0.961. The molecule has 1 aromatic heterocycles. The molecule has 21 heavy (non-hydrogen) atoms. The molecule has 0 fully saturated rings. The molecule has 8 nitrogen and oxygen atoms in total. The molecule has 0 aliphatic rings. The zero-order valence-electron chi connectivity index (χ0n) is 11.2. The lowest BCUT2D eigenvalue weighted by Crippen LogP contribution is -2.23. The van der Waals surface area contributed by atoms with Crippen LogP contribution in [-0.4, -0.2) is 47.9 Å². The van der Waals surface area contributed by atoms with Gasteiger partial charge in [0.15, 0.2) is 0 Å². The summed E-state index contributed by atoms with van der Waals surface area (Å²) < 4.78 is 25.2. The topological polar surface area (TPSA) is 108 Å². The van der Waals surface area contributed by atoms with Crippen LogP contribution in [0.1, 0.15) is 10.4 Å². The van der Waals surface area contributed by atoms with Crippen molar-refractivity contribution in [2.45, 2.75) is 4.90 Å². The minimum atomic E-state index is -3.65. The number of aromatic nitrogens is 3. The van der Waals surface area contributed by atoms with Gasteiger partial charge in [0.25, 0.3) is 5.91 Å². The molecule has 0 aliphatic carbocycles. The Morgan fingerprint density at radius 1 is 1.38 bits per heavy atom. The largest absolute Gasteiger partial charge is 0.291 e. The van der Waals surface area contributed by atoms with Crippen molar-refractivity contribution in [3.05, 3.63) is 35.1 Å². The number of aromatic amines is 1. The predicted molar refractivity (Wildman–Crippen MR) is 76.7 cm³/mol. The van der Waals surface area contributed by atoms with Gasteiger partial charge in [0, 0.05) is 14.1 Å². The molecule has 0 saturated carbocycles. The normalized spacial score (nSPS) is 11.6. The molecule has 1 heterocycles. The molecule has 0 aliphatic heterocycles. The smallest absolute Gasteiger partial charge is 0.259 e. The van der Waals surface area contributed by atoms with Gasteiger partial charge in [-0.2, -0.15) is 10.1 Å². The number of nitrogens with zero attached hydrogens (tertiary/aromatic N) is 3. The second-order valence-electron chi connectivity index (χ2n) is 4.22. The van der Waals surface area contributed by atoms with Gasteiger partial charge >= 0.3 is 0 Å². The zero-order chi connectivity index (χ0) is 15.6. The van der Waals surface area contributed by atoms with Crippen molar-refractivity contribution in [3.63, 3.8) is 0 Å². The fraction of sp³-hybridized carbons (Fsp3) is 0.182. The van der Waals surface area contributed by atoms with Crippen molar-refractivity contribution in [2.24, 2.45) is 0 Å². The Balaban J connectivity index is 2.38. The Morgan fingerprint density at radius 3 is 2.67 bits per heavy atom. The van der Waals surface area contributed by atoms with E-state index in [-0.39, 0.29) is 21.4 Å². The number of sulfonamides is 1. The van der Waals surface area contributed by atoms with Crippen LogP contribution in [0, 0.1) is 0 Å². The van der Waals surface area contributed by atoms with Crippen molar-refractivity contribution in [2.75, 3.05) is 19.4 Å². The monoisotopic (exact) mass is 329 g/mol. The fourth-order valence-electron chi connectivity index (χ4n) is 1.49. The summed E-state index contributed by atoms with van der Waals surface area (Å²) in [6, 6.07) is 3.90. The first kappa shape index (κ1) is 15.4. The van der Waals surface area contributed by atoms with Gasteiger partial charge in [-0.25, -0.2) is 17.8 Å². The molecule has 2 N–H and O–H groups in total. The van der Waals surface area contributed by atoms with Crippen molar-refractivity contribution in [3.8, 4) is 0 Å². The van der Waals surface area contributed by atoms with E-state index >= 15 is 0 Å². The lowest BCUT2D eigenvalue weighted by Gasteiger charge is -2.12. The number of hydrogen-bond acceptors (Lipinski definition) is 5. The fourth-order valence-corrected chi connectivity index (χ4v) is 2.62. The Hall–Kier alpha value is -1.97. The van der Waals surface area contributed by atoms with Crippen LogP contribution in [0.25, 0.3) is 0 Å². The third kappa shape index (κ3) is 3.20. The molecule has 2 rings (SSSR count). The highest BCUT2D eigenvalue weighted by Gasteiger charge is 2.21. The summed E-state index contributed by atoms with van der Waals surface area (Å²) >= 11 is 5.95.